The average molecular weight is 681 g/mol. The van der Waals surface area contributed by atoms with Gasteiger partial charge >= 0.3 is 0 Å². The van der Waals surface area contributed by atoms with Gasteiger partial charge in [-0.2, -0.15) is 0 Å². The van der Waals surface area contributed by atoms with Gasteiger partial charge in [0.1, 0.15) is 12.6 Å². The van der Waals surface area contributed by atoms with Crippen molar-refractivity contribution in [1.29, 1.82) is 0 Å². The molecule has 1 atom stereocenters. The van der Waals surface area contributed by atoms with Crippen LogP contribution in [0.2, 0.25) is 10.0 Å². The number of hydrogen-bond donors (Lipinski definition) is 1. The van der Waals surface area contributed by atoms with Crippen LogP contribution in [-0.2, 0) is 39.0 Å². The Hall–Kier alpha value is -3.85. The zero-order valence-corrected chi connectivity index (χ0v) is 28.4. The maximum Gasteiger partial charge on any atom is 0.264 e. The number of halogens is 2. The van der Waals surface area contributed by atoms with Gasteiger partial charge in [-0.15, -0.1) is 0 Å². The highest BCUT2D eigenvalue weighted by atomic mass is 35.5. The summed E-state index contributed by atoms with van der Waals surface area (Å²) in [6, 6.07) is 28.6. The maximum absolute atomic E-state index is 14.7. The first-order valence-corrected chi connectivity index (χ1v) is 17.6. The molecular weight excluding hydrogens is 641 g/mol. The van der Waals surface area contributed by atoms with Crippen LogP contribution in [0.4, 0.5) is 5.69 Å². The molecule has 46 heavy (non-hydrogen) atoms. The van der Waals surface area contributed by atoms with Gasteiger partial charge in [0.05, 0.1) is 10.6 Å². The molecule has 0 spiro atoms. The lowest BCUT2D eigenvalue weighted by Crippen LogP contribution is -2.53. The predicted octanol–water partition coefficient (Wildman–Crippen LogP) is 7.31. The molecule has 0 heterocycles. The Morgan fingerprint density at radius 1 is 0.804 bits per heavy atom. The van der Waals surface area contributed by atoms with Crippen molar-refractivity contribution >= 4 is 50.7 Å². The van der Waals surface area contributed by atoms with Crippen LogP contribution < -0.4 is 9.62 Å². The molecule has 0 bridgehead atoms. The highest BCUT2D eigenvalue weighted by Crippen LogP contribution is 2.30. The summed E-state index contributed by atoms with van der Waals surface area (Å²) in [4.78, 5) is 30.0. The molecule has 2 amide bonds. The molecule has 0 fully saturated rings. The molecule has 10 heteroatoms. The minimum absolute atomic E-state index is 0.0487. The summed E-state index contributed by atoms with van der Waals surface area (Å²) in [5.41, 5.74) is 2.45. The van der Waals surface area contributed by atoms with Gasteiger partial charge in [0, 0.05) is 35.1 Å². The molecule has 0 aromatic heterocycles. The largest absolute Gasteiger partial charge is 0.354 e. The summed E-state index contributed by atoms with van der Waals surface area (Å²) >= 11 is 13.2. The number of carbonyl (C=O) groups excluding carboxylic acids is 2. The van der Waals surface area contributed by atoms with E-state index in [1.807, 2.05) is 56.3 Å². The summed E-state index contributed by atoms with van der Waals surface area (Å²) in [6.45, 7) is 3.73. The van der Waals surface area contributed by atoms with E-state index in [0.29, 0.717) is 34.3 Å². The van der Waals surface area contributed by atoms with Crippen LogP contribution in [0.5, 0.6) is 0 Å². The van der Waals surface area contributed by atoms with E-state index in [2.05, 4.69) is 5.32 Å². The first-order valence-electron chi connectivity index (χ1n) is 15.4. The van der Waals surface area contributed by atoms with Crippen LogP contribution in [0.3, 0.4) is 0 Å². The standard InChI is InChI=1S/C36H39Cl2N3O4S/c1-3-5-23-39-36(43)34(24-27-15-8-6-9-16-27)40(25-30-31(37)20-14-21-32(30)38)35(42)26-41(33-22-13-12-17-28(33)4-2)46(44,45)29-18-10-7-11-19-29/h6-22,34H,3-5,23-26H2,1-2H3,(H,39,43). The second-order valence-electron chi connectivity index (χ2n) is 10.9. The highest BCUT2D eigenvalue weighted by Gasteiger charge is 2.35. The van der Waals surface area contributed by atoms with Crippen molar-refractivity contribution in [2.75, 3.05) is 17.4 Å². The van der Waals surface area contributed by atoms with Crippen LogP contribution in [-0.4, -0.2) is 44.3 Å². The number of amides is 2. The van der Waals surface area contributed by atoms with Crippen LogP contribution in [0.15, 0.2) is 108 Å². The van der Waals surface area contributed by atoms with Crippen molar-refractivity contribution in [3.05, 3.63) is 130 Å². The monoisotopic (exact) mass is 679 g/mol. The number of carbonyl (C=O) groups is 2. The highest BCUT2D eigenvalue weighted by molar-refractivity contribution is 7.92. The van der Waals surface area contributed by atoms with Gasteiger partial charge in [-0.3, -0.25) is 13.9 Å². The van der Waals surface area contributed by atoms with Gasteiger partial charge in [0.2, 0.25) is 11.8 Å². The molecule has 4 aromatic carbocycles. The van der Waals surface area contributed by atoms with E-state index >= 15 is 0 Å². The lowest BCUT2D eigenvalue weighted by atomic mass is 10.0. The summed E-state index contributed by atoms with van der Waals surface area (Å²) in [7, 11) is -4.19. The van der Waals surface area contributed by atoms with Gasteiger partial charge in [0.15, 0.2) is 0 Å². The van der Waals surface area contributed by atoms with Gasteiger partial charge in [-0.05, 0) is 54.3 Å². The molecule has 0 saturated heterocycles. The maximum atomic E-state index is 14.7. The smallest absolute Gasteiger partial charge is 0.264 e. The molecule has 1 unspecified atom stereocenters. The Morgan fingerprint density at radius 2 is 1.41 bits per heavy atom. The normalized spacial score (nSPS) is 11.9. The first-order chi connectivity index (χ1) is 22.2. The summed E-state index contributed by atoms with van der Waals surface area (Å²) in [5, 5.41) is 3.65. The van der Waals surface area contributed by atoms with E-state index in [-0.39, 0.29) is 23.8 Å². The van der Waals surface area contributed by atoms with Crippen LogP contribution >= 0.6 is 23.2 Å². The number of sulfonamides is 1. The number of para-hydroxylation sites is 1. The number of benzene rings is 4. The third-order valence-corrected chi connectivity index (χ3v) is 10.2. The number of anilines is 1. The van der Waals surface area contributed by atoms with E-state index in [1.165, 1.54) is 17.0 Å². The van der Waals surface area contributed by atoms with Crippen molar-refractivity contribution < 1.29 is 18.0 Å². The van der Waals surface area contributed by atoms with Crippen LogP contribution in [0, 0.1) is 0 Å². The summed E-state index contributed by atoms with van der Waals surface area (Å²) in [6.07, 6.45) is 2.39. The van der Waals surface area contributed by atoms with Crippen molar-refractivity contribution in [3.8, 4) is 0 Å². The lowest BCUT2D eigenvalue weighted by Gasteiger charge is -2.34. The Morgan fingerprint density at radius 3 is 2.04 bits per heavy atom. The van der Waals surface area contributed by atoms with Crippen molar-refractivity contribution in [1.82, 2.24) is 10.2 Å². The number of rotatable bonds is 15. The molecule has 1 N–H and O–H groups in total. The molecule has 0 aliphatic carbocycles. The molecule has 242 valence electrons. The minimum Gasteiger partial charge on any atom is -0.354 e. The second-order valence-corrected chi connectivity index (χ2v) is 13.6. The molecule has 7 nitrogen and oxygen atoms in total. The van der Waals surface area contributed by atoms with Gasteiger partial charge in [-0.1, -0.05) is 116 Å². The third-order valence-electron chi connectivity index (χ3n) is 7.74. The molecule has 0 saturated carbocycles. The van der Waals surface area contributed by atoms with Gasteiger partial charge in [-0.25, -0.2) is 8.42 Å². The zero-order chi connectivity index (χ0) is 33.1. The van der Waals surface area contributed by atoms with Crippen molar-refractivity contribution in [2.24, 2.45) is 0 Å². The molecule has 4 aromatic rings. The fourth-order valence-corrected chi connectivity index (χ4v) is 7.19. The Bertz CT molecular complexity index is 1700. The topological polar surface area (TPSA) is 86.8 Å². The SMILES string of the molecule is CCCCNC(=O)C(Cc1ccccc1)N(Cc1c(Cl)cccc1Cl)C(=O)CN(c1ccccc1CC)S(=O)(=O)c1ccccc1. The van der Waals surface area contributed by atoms with Gasteiger partial charge < -0.3 is 10.2 Å². The fourth-order valence-electron chi connectivity index (χ4n) is 5.20. The molecule has 0 radical (unpaired) electrons. The number of unbranched alkanes of at least 4 members (excludes halogenated alkanes) is 1. The van der Waals surface area contributed by atoms with E-state index in [1.54, 1.807) is 48.5 Å². The van der Waals surface area contributed by atoms with E-state index in [9.17, 15) is 18.0 Å². The molecule has 4 rings (SSSR count). The second kappa shape index (κ2) is 16.6. The summed E-state index contributed by atoms with van der Waals surface area (Å²) in [5.74, 6) is -0.923. The first kappa shape index (κ1) is 35.0. The Balaban J connectivity index is 1.84. The minimum atomic E-state index is -4.19. The summed E-state index contributed by atoms with van der Waals surface area (Å²) < 4.78 is 29.6. The average Bonchev–Trinajstić information content (AvgIpc) is 3.07. The molecular formula is C36H39Cl2N3O4S. The molecule has 0 aliphatic heterocycles. The van der Waals surface area contributed by atoms with Gasteiger partial charge in [0.25, 0.3) is 10.0 Å². The quantitative estimate of drug-likeness (QED) is 0.134. The predicted molar refractivity (Wildman–Crippen MR) is 186 cm³/mol. The Kier molecular flexibility index (Phi) is 12.7. The lowest BCUT2D eigenvalue weighted by molar-refractivity contribution is -0.140. The van der Waals surface area contributed by atoms with E-state index in [4.69, 9.17) is 23.2 Å². The van der Waals surface area contributed by atoms with E-state index in [0.717, 1.165) is 28.3 Å². The van der Waals surface area contributed by atoms with Crippen molar-refractivity contribution in [3.63, 3.8) is 0 Å². The van der Waals surface area contributed by atoms with Crippen LogP contribution in [0.1, 0.15) is 43.4 Å². The van der Waals surface area contributed by atoms with Crippen LogP contribution in [0.25, 0.3) is 0 Å². The number of nitrogens with one attached hydrogen (secondary N) is 1. The third kappa shape index (κ3) is 8.69. The molecule has 0 aliphatic rings. The van der Waals surface area contributed by atoms with Crippen molar-refractivity contribution in [2.45, 2.75) is 57.0 Å². The number of nitrogens with zero attached hydrogens (tertiary/aromatic N) is 2. The van der Waals surface area contributed by atoms with E-state index < -0.39 is 28.5 Å². The number of hydrogen-bond acceptors (Lipinski definition) is 4. The zero-order valence-electron chi connectivity index (χ0n) is 26.0. The fraction of sp³-hybridized carbons (Fsp3) is 0.278. The number of aryl methyl sites for hydroxylation is 1. The Labute approximate surface area is 282 Å².